The Labute approximate surface area is 105 Å². The molecular formula is C17H22. The van der Waals surface area contributed by atoms with Crippen LogP contribution in [0, 0.1) is 5.92 Å². The minimum atomic E-state index is 0.502. The Morgan fingerprint density at radius 2 is 1.82 bits per heavy atom. The maximum absolute atomic E-state index is 4.13. The highest BCUT2D eigenvalue weighted by Crippen LogP contribution is 2.23. The Hall–Kier alpha value is -1.56. The van der Waals surface area contributed by atoms with Gasteiger partial charge in [-0.3, -0.25) is 0 Å². The van der Waals surface area contributed by atoms with Crippen molar-refractivity contribution < 1.29 is 0 Å². The van der Waals surface area contributed by atoms with Crippen molar-refractivity contribution in [2.45, 2.75) is 27.2 Å². The van der Waals surface area contributed by atoms with Crippen LogP contribution in [-0.4, -0.2) is 0 Å². The molecule has 1 rings (SSSR count). The first-order valence-electron chi connectivity index (χ1n) is 6.18. The Balaban J connectivity index is 2.83. The van der Waals surface area contributed by atoms with Crippen LogP contribution >= 0.6 is 0 Å². The van der Waals surface area contributed by atoms with Crippen LogP contribution in [0.3, 0.4) is 0 Å². The lowest BCUT2D eigenvalue weighted by Crippen LogP contribution is -1.97. The molecule has 1 aromatic rings. The molecule has 1 aromatic carbocycles. The third-order valence-electron chi connectivity index (χ3n) is 3.24. The first kappa shape index (κ1) is 13.5. The maximum atomic E-state index is 4.13. The second kappa shape index (κ2) is 6.24. The number of rotatable bonds is 5. The van der Waals surface area contributed by atoms with Gasteiger partial charge in [-0.25, -0.2) is 0 Å². The molecule has 0 amide bonds. The van der Waals surface area contributed by atoms with Gasteiger partial charge in [0, 0.05) is 0 Å². The van der Waals surface area contributed by atoms with Gasteiger partial charge >= 0.3 is 0 Å². The monoisotopic (exact) mass is 226 g/mol. The first-order valence-corrected chi connectivity index (χ1v) is 6.18. The second-order valence-electron chi connectivity index (χ2n) is 4.55. The average Bonchev–Trinajstić information content (AvgIpc) is 2.37. The molecule has 0 N–H and O–H groups in total. The van der Waals surface area contributed by atoms with Gasteiger partial charge < -0.3 is 0 Å². The molecule has 1 unspecified atom stereocenters. The number of hydrogen-bond donors (Lipinski definition) is 0. The van der Waals surface area contributed by atoms with Crippen molar-refractivity contribution in [3.05, 3.63) is 66.3 Å². The fourth-order valence-corrected chi connectivity index (χ4v) is 1.70. The summed E-state index contributed by atoms with van der Waals surface area (Å²) in [4.78, 5) is 0. The van der Waals surface area contributed by atoms with Crippen molar-refractivity contribution >= 4 is 5.57 Å². The van der Waals surface area contributed by atoms with Gasteiger partial charge in [-0.15, -0.1) is 0 Å². The standard InChI is InChI=1S/C17H22/c1-6-13(2)16(5)14(3)12-15(4)17-10-8-7-9-11-17/h7-13H,3,5-6H2,1-2,4H3/b15-12+. The summed E-state index contributed by atoms with van der Waals surface area (Å²) in [6.07, 6.45) is 3.24. The van der Waals surface area contributed by atoms with Crippen LogP contribution in [0.1, 0.15) is 32.8 Å². The molecule has 17 heavy (non-hydrogen) atoms. The lowest BCUT2D eigenvalue weighted by molar-refractivity contribution is 0.668. The van der Waals surface area contributed by atoms with Crippen LogP contribution in [0.4, 0.5) is 0 Å². The fourth-order valence-electron chi connectivity index (χ4n) is 1.70. The van der Waals surface area contributed by atoms with E-state index in [1.807, 2.05) is 6.07 Å². The molecule has 0 bridgehead atoms. The van der Waals surface area contributed by atoms with E-state index in [2.05, 4.69) is 64.3 Å². The molecule has 0 aliphatic rings. The molecule has 90 valence electrons. The number of benzene rings is 1. The molecule has 0 heteroatoms. The van der Waals surface area contributed by atoms with Gasteiger partial charge in [-0.1, -0.05) is 63.4 Å². The van der Waals surface area contributed by atoms with Gasteiger partial charge in [0.05, 0.1) is 0 Å². The summed E-state index contributed by atoms with van der Waals surface area (Å²) < 4.78 is 0. The molecule has 0 saturated heterocycles. The van der Waals surface area contributed by atoms with E-state index < -0.39 is 0 Å². The second-order valence-corrected chi connectivity index (χ2v) is 4.55. The first-order chi connectivity index (χ1) is 8.06. The predicted octanol–water partition coefficient (Wildman–Crippen LogP) is 5.25. The smallest absolute Gasteiger partial charge is 0.0193 e. The van der Waals surface area contributed by atoms with Crippen molar-refractivity contribution in [2.24, 2.45) is 5.92 Å². The van der Waals surface area contributed by atoms with Gasteiger partial charge in [0.15, 0.2) is 0 Å². The molecule has 1 atom stereocenters. The number of allylic oxidation sites excluding steroid dienone is 4. The van der Waals surface area contributed by atoms with Crippen molar-refractivity contribution in [2.75, 3.05) is 0 Å². The summed E-state index contributed by atoms with van der Waals surface area (Å²) in [5.74, 6) is 0.502. The molecule has 0 saturated carbocycles. The van der Waals surface area contributed by atoms with E-state index in [4.69, 9.17) is 0 Å². The average molecular weight is 226 g/mol. The van der Waals surface area contributed by atoms with E-state index in [9.17, 15) is 0 Å². The van der Waals surface area contributed by atoms with E-state index in [-0.39, 0.29) is 0 Å². The molecule has 0 aromatic heterocycles. The molecule has 0 nitrogen and oxygen atoms in total. The molecular weight excluding hydrogens is 204 g/mol. The highest BCUT2D eigenvalue weighted by Gasteiger charge is 2.06. The fraction of sp³-hybridized carbons (Fsp3) is 0.294. The highest BCUT2D eigenvalue weighted by molar-refractivity contribution is 5.67. The molecule has 0 fully saturated rings. The van der Waals surface area contributed by atoms with E-state index in [1.54, 1.807) is 0 Å². The lowest BCUT2D eigenvalue weighted by Gasteiger charge is -2.13. The molecule has 0 radical (unpaired) electrons. The summed E-state index contributed by atoms with van der Waals surface area (Å²) in [6, 6.07) is 10.4. The van der Waals surface area contributed by atoms with Crippen LogP contribution in [0.15, 0.2) is 60.7 Å². The van der Waals surface area contributed by atoms with Crippen LogP contribution in [0.5, 0.6) is 0 Å². The van der Waals surface area contributed by atoms with Crippen molar-refractivity contribution in [3.63, 3.8) is 0 Å². The summed E-state index contributed by atoms with van der Waals surface area (Å²) in [5, 5.41) is 0. The van der Waals surface area contributed by atoms with Gasteiger partial charge in [-0.2, -0.15) is 0 Å². The summed E-state index contributed by atoms with van der Waals surface area (Å²) >= 11 is 0. The van der Waals surface area contributed by atoms with Gasteiger partial charge in [0.25, 0.3) is 0 Å². The zero-order valence-electron chi connectivity index (χ0n) is 11.2. The van der Waals surface area contributed by atoms with Gasteiger partial charge in [-0.05, 0) is 41.5 Å². The predicted molar refractivity (Wildman–Crippen MR) is 77.8 cm³/mol. The topological polar surface area (TPSA) is 0 Å². The summed E-state index contributed by atoms with van der Waals surface area (Å²) in [7, 11) is 0. The van der Waals surface area contributed by atoms with E-state index in [0.717, 1.165) is 17.6 Å². The third-order valence-corrected chi connectivity index (χ3v) is 3.24. The third kappa shape index (κ3) is 3.74. The Bertz CT molecular complexity index is 421. The molecule has 0 heterocycles. The lowest BCUT2D eigenvalue weighted by atomic mass is 9.92. The van der Waals surface area contributed by atoms with Crippen molar-refractivity contribution in [1.29, 1.82) is 0 Å². The van der Waals surface area contributed by atoms with Crippen LogP contribution < -0.4 is 0 Å². The van der Waals surface area contributed by atoms with Crippen molar-refractivity contribution in [3.8, 4) is 0 Å². The van der Waals surface area contributed by atoms with E-state index in [1.165, 1.54) is 11.1 Å². The normalized spacial score (nSPS) is 13.2. The number of hydrogen-bond acceptors (Lipinski definition) is 0. The Kier molecular flexibility index (Phi) is 4.96. The van der Waals surface area contributed by atoms with E-state index >= 15 is 0 Å². The molecule has 0 aliphatic heterocycles. The quantitative estimate of drug-likeness (QED) is 0.602. The zero-order valence-corrected chi connectivity index (χ0v) is 11.2. The Morgan fingerprint density at radius 1 is 1.24 bits per heavy atom. The van der Waals surface area contributed by atoms with E-state index in [0.29, 0.717) is 5.92 Å². The summed E-state index contributed by atoms with van der Waals surface area (Å²) in [6.45, 7) is 14.7. The van der Waals surface area contributed by atoms with Crippen LogP contribution in [0.2, 0.25) is 0 Å². The zero-order chi connectivity index (χ0) is 12.8. The minimum Gasteiger partial charge on any atom is -0.0950 e. The van der Waals surface area contributed by atoms with Gasteiger partial charge in [0.1, 0.15) is 0 Å². The highest BCUT2D eigenvalue weighted by atomic mass is 14.1. The van der Waals surface area contributed by atoms with Crippen molar-refractivity contribution in [1.82, 2.24) is 0 Å². The molecule has 0 spiro atoms. The minimum absolute atomic E-state index is 0.502. The Morgan fingerprint density at radius 3 is 2.35 bits per heavy atom. The summed E-state index contributed by atoms with van der Waals surface area (Å²) in [5.41, 5.74) is 4.66. The SMILES string of the molecule is C=C(/C=C(\C)c1ccccc1)C(=C)C(C)CC. The largest absolute Gasteiger partial charge is 0.0950 e. The van der Waals surface area contributed by atoms with Gasteiger partial charge in [0.2, 0.25) is 0 Å². The molecule has 0 aliphatic carbocycles. The van der Waals surface area contributed by atoms with Crippen LogP contribution in [-0.2, 0) is 0 Å². The van der Waals surface area contributed by atoms with Crippen LogP contribution in [0.25, 0.3) is 5.57 Å². The maximum Gasteiger partial charge on any atom is -0.0193 e.